The number of unbranched alkanes of at least 4 members (excludes halogenated alkanes) is 49. The monoisotopic (exact) mass is 1030 g/mol. The van der Waals surface area contributed by atoms with Crippen LogP contribution >= 0.6 is 0 Å². The van der Waals surface area contributed by atoms with Crippen molar-refractivity contribution in [1.82, 2.24) is 5.32 Å². The smallest absolute Gasteiger partial charge is 0.305 e. The molecule has 0 saturated carbocycles. The maximum absolute atomic E-state index is 12.5. The van der Waals surface area contributed by atoms with Crippen molar-refractivity contribution in [3.05, 3.63) is 24.3 Å². The summed E-state index contributed by atoms with van der Waals surface area (Å²) in [6.07, 6.45) is 78.0. The molecule has 0 aliphatic heterocycles. The van der Waals surface area contributed by atoms with Crippen LogP contribution in [0.1, 0.15) is 367 Å². The molecule has 432 valence electrons. The Labute approximate surface area is 456 Å². The number of nitrogens with one attached hydrogen (secondary N) is 1. The number of rotatable bonds is 62. The average Bonchev–Trinajstić information content (AvgIpc) is 3.39. The lowest BCUT2D eigenvalue weighted by Crippen LogP contribution is -2.45. The summed E-state index contributed by atoms with van der Waals surface area (Å²) in [5.41, 5.74) is 0. The lowest BCUT2D eigenvalue weighted by atomic mass is 10.0. The van der Waals surface area contributed by atoms with Crippen LogP contribution in [0.5, 0.6) is 0 Å². The topological polar surface area (TPSA) is 95.9 Å². The van der Waals surface area contributed by atoms with E-state index >= 15 is 0 Å². The van der Waals surface area contributed by atoms with Crippen molar-refractivity contribution in [2.75, 3.05) is 13.2 Å². The zero-order valence-corrected chi connectivity index (χ0v) is 49.4. The van der Waals surface area contributed by atoms with Gasteiger partial charge in [-0.25, -0.2) is 0 Å². The maximum atomic E-state index is 12.5. The molecule has 6 heteroatoms. The number of carbonyl (C=O) groups excluding carboxylic acids is 2. The number of aliphatic hydroxyl groups is 2. The standard InChI is InChI=1S/C67H129NO5/c1-3-5-7-9-11-13-15-17-19-21-22-23-24-25-26-28-31-35-39-43-47-51-55-59-65(70)64(63-69)68-66(71)60-56-52-48-44-40-36-32-29-30-34-38-42-46-50-54-58-62-73-67(72)61-57-53-49-45-41-37-33-27-20-18-16-14-12-10-8-6-4-2/h18,20,55,59,64-65,69-70H,3-17,19,21-54,56-58,60-63H2,1-2H3,(H,68,71)/b20-18-,59-55+. The number of hydrogen-bond donors (Lipinski definition) is 3. The van der Waals surface area contributed by atoms with Crippen LogP contribution in [-0.2, 0) is 14.3 Å². The van der Waals surface area contributed by atoms with Crippen LogP contribution in [0.3, 0.4) is 0 Å². The quantitative estimate of drug-likeness (QED) is 0.0320. The molecule has 0 radical (unpaired) electrons. The molecule has 0 bridgehead atoms. The molecule has 0 saturated heterocycles. The first-order valence-corrected chi connectivity index (χ1v) is 33.1. The van der Waals surface area contributed by atoms with Gasteiger partial charge in [0.1, 0.15) is 0 Å². The molecule has 2 atom stereocenters. The number of carbonyl (C=O) groups is 2. The minimum atomic E-state index is -0.850. The summed E-state index contributed by atoms with van der Waals surface area (Å²) in [5.74, 6) is -0.0712. The van der Waals surface area contributed by atoms with Gasteiger partial charge in [-0.1, -0.05) is 321 Å². The molecule has 0 aromatic carbocycles. The van der Waals surface area contributed by atoms with E-state index in [0.717, 1.165) is 44.9 Å². The molecular weight excluding hydrogens is 899 g/mol. The Kier molecular flexibility index (Phi) is 61.4. The van der Waals surface area contributed by atoms with Crippen LogP contribution in [0.2, 0.25) is 0 Å². The molecule has 0 aliphatic carbocycles. The van der Waals surface area contributed by atoms with Gasteiger partial charge in [-0.2, -0.15) is 0 Å². The number of esters is 1. The second-order valence-electron chi connectivity index (χ2n) is 22.8. The van der Waals surface area contributed by atoms with Crippen molar-refractivity contribution in [2.24, 2.45) is 0 Å². The normalized spacial score (nSPS) is 12.7. The van der Waals surface area contributed by atoms with E-state index in [-0.39, 0.29) is 18.5 Å². The van der Waals surface area contributed by atoms with Gasteiger partial charge in [0.25, 0.3) is 0 Å². The second kappa shape index (κ2) is 62.9. The Morgan fingerprint density at radius 2 is 0.644 bits per heavy atom. The van der Waals surface area contributed by atoms with Gasteiger partial charge in [-0.15, -0.1) is 0 Å². The minimum absolute atomic E-state index is 0.000223. The third-order valence-electron chi connectivity index (χ3n) is 15.5. The van der Waals surface area contributed by atoms with Crippen molar-refractivity contribution in [3.63, 3.8) is 0 Å². The predicted molar refractivity (Wildman–Crippen MR) is 320 cm³/mol. The Morgan fingerprint density at radius 1 is 0.370 bits per heavy atom. The number of ether oxygens (including phenoxy) is 1. The van der Waals surface area contributed by atoms with Crippen LogP contribution in [0, 0.1) is 0 Å². The van der Waals surface area contributed by atoms with Crippen LogP contribution in [0.4, 0.5) is 0 Å². The Hall–Kier alpha value is -1.66. The summed E-state index contributed by atoms with van der Waals surface area (Å²) in [7, 11) is 0. The molecule has 1 amide bonds. The van der Waals surface area contributed by atoms with Gasteiger partial charge in [-0.05, 0) is 57.8 Å². The molecule has 0 fully saturated rings. The molecule has 73 heavy (non-hydrogen) atoms. The fraction of sp³-hybridized carbons (Fsp3) is 0.910. The number of hydrogen-bond acceptors (Lipinski definition) is 5. The van der Waals surface area contributed by atoms with Gasteiger partial charge < -0.3 is 20.3 Å². The fourth-order valence-electron chi connectivity index (χ4n) is 10.4. The SMILES string of the molecule is CCCCCCCC/C=C\CCCCCCCCCC(=O)OCCCCCCCCCCCCCCCCCCC(=O)NC(CO)C(O)/C=C/CCCCCCCCCCCCCCCCCCCCCCC. The minimum Gasteiger partial charge on any atom is -0.466 e. The molecule has 0 spiro atoms. The second-order valence-corrected chi connectivity index (χ2v) is 22.8. The molecule has 0 aromatic rings. The summed E-state index contributed by atoms with van der Waals surface area (Å²) in [4.78, 5) is 24.6. The predicted octanol–water partition coefficient (Wildman–Crippen LogP) is 21.0. The van der Waals surface area contributed by atoms with Gasteiger partial charge in [-0.3, -0.25) is 9.59 Å². The summed E-state index contributed by atoms with van der Waals surface area (Å²) in [5, 5.41) is 23.2. The van der Waals surface area contributed by atoms with Crippen LogP contribution in [-0.4, -0.2) is 47.4 Å². The highest BCUT2D eigenvalue weighted by Crippen LogP contribution is 2.18. The molecule has 0 aliphatic rings. The average molecular weight is 1030 g/mol. The number of aliphatic hydroxyl groups excluding tert-OH is 2. The van der Waals surface area contributed by atoms with E-state index < -0.39 is 12.1 Å². The molecule has 0 aromatic heterocycles. The Balaban J connectivity index is 3.44. The van der Waals surface area contributed by atoms with Gasteiger partial charge >= 0.3 is 5.97 Å². The summed E-state index contributed by atoms with van der Waals surface area (Å²) < 4.78 is 5.49. The lowest BCUT2D eigenvalue weighted by molar-refractivity contribution is -0.143. The van der Waals surface area contributed by atoms with Gasteiger partial charge in [0.2, 0.25) is 5.91 Å². The number of allylic oxidation sites excluding steroid dienone is 3. The molecule has 2 unspecified atom stereocenters. The number of amides is 1. The van der Waals surface area contributed by atoms with Crippen molar-refractivity contribution in [3.8, 4) is 0 Å². The van der Waals surface area contributed by atoms with Crippen molar-refractivity contribution >= 4 is 11.9 Å². The molecule has 0 rings (SSSR count). The largest absolute Gasteiger partial charge is 0.466 e. The summed E-state index contributed by atoms with van der Waals surface area (Å²) in [6.45, 7) is 4.92. The van der Waals surface area contributed by atoms with E-state index in [1.807, 2.05) is 6.08 Å². The zero-order chi connectivity index (χ0) is 52.9. The molecule has 3 N–H and O–H groups in total. The Morgan fingerprint density at radius 3 is 0.973 bits per heavy atom. The Bertz CT molecular complexity index is 1140. The molecular formula is C67H129NO5. The highest BCUT2D eigenvalue weighted by molar-refractivity contribution is 5.76. The molecule has 6 nitrogen and oxygen atoms in total. The van der Waals surface area contributed by atoms with Crippen molar-refractivity contribution in [2.45, 2.75) is 379 Å². The molecule has 0 heterocycles. The van der Waals surface area contributed by atoms with E-state index in [2.05, 4.69) is 31.3 Å². The fourth-order valence-corrected chi connectivity index (χ4v) is 10.4. The first-order valence-electron chi connectivity index (χ1n) is 33.1. The first kappa shape index (κ1) is 71.3. The zero-order valence-electron chi connectivity index (χ0n) is 49.4. The van der Waals surface area contributed by atoms with E-state index in [9.17, 15) is 19.8 Å². The van der Waals surface area contributed by atoms with Gasteiger partial charge in [0, 0.05) is 12.8 Å². The van der Waals surface area contributed by atoms with Gasteiger partial charge in [0.15, 0.2) is 0 Å². The third-order valence-corrected chi connectivity index (χ3v) is 15.5. The third kappa shape index (κ3) is 59.4. The summed E-state index contributed by atoms with van der Waals surface area (Å²) in [6, 6.07) is -0.634. The summed E-state index contributed by atoms with van der Waals surface area (Å²) >= 11 is 0. The van der Waals surface area contributed by atoms with Crippen molar-refractivity contribution in [1.29, 1.82) is 0 Å². The van der Waals surface area contributed by atoms with Crippen LogP contribution < -0.4 is 5.32 Å². The van der Waals surface area contributed by atoms with Gasteiger partial charge in [0.05, 0.1) is 25.4 Å². The van der Waals surface area contributed by atoms with Crippen molar-refractivity contribution < 1.29 is 24.5 Å². The van der Waals surface area contributed by atoms with Crippen LogP contribution in [0.25, 0.3) is 0 Å². The maximum Gasteiger partial charge on any atom is 0.305 e. The van der Waals surface area contributed by atoms with E-state index in [4.69, 9.17) is 4.74 Å². The highest BCUT2D eigenvalue weighted by Gasteiger charge is 2.18. The lowest BCUT2D eigenvalue weighted by Gasteiger charge is -2.20. The van der Waals surface area contributed by atoms with E-state index in [1.165, 1.54) is 295 Å². The first-order chi connectivity index (χ1) is 36.0. The van der Waals surface area contributed by atoms with E-state index in [1.54, 1.807) is 6.08 Å². The van der Waals surface area contributed by atoms with Crippen LogP contribution in [0.15, 0.2) is 24.3 Å². The van der Waals surface area contributed by atoms with E-state index in [0.29, 0.717) is 19.4 Å². The highest BCUT2D eigenvalue weighted by atomic mass is 16.5.